The molecule has 3 amide bonds. The zero-order chi connectivity index (χ0) is 19.9. The van der Waals surface area contributed by atoms with E-state index in [1.54, 1.807) is 18.2 Å². The maximum atomic E-state index is 12.0. The number of urea groups is 1. The van der Waals surface area contributed by atoms with Crippen LogP contribution in [-0.2, 0) is 11.2 Å². The minimum Gasteiger partial charge on any atom is -0.486 e. The molecule has 0 radical (unpaired) electrons. The summed E-state index contributed by atoms with van der Waals surface area (Å²) < 4.78 is 10.9. The lowest BCUT2D eigenvalue weighted by Gasteiger charge is -2.19. The number of thioether (sulfide) groups is 1. The van der Waals surface area contributed by atoms with Crippen LogP contribution in [0.3, 0.4) is 0 Å². The molecular weight excluding hydrogens is 384 g/mol. The van der Waals surface area contributed by atoms with Crippen molar-refractivity contribution in [2.75, 3.05) is 24.3 Å². The summed E-state index contributed by atoms with van der Waals surface area (Å²) >= 11 is 1.05. The van der Waals surface area contributed by atoms with Gasteiger partial charge in [0.1, 0.15) is 13.2 Å². The van der Waals surface area contributed by atoms with Gasteiger partial charge < -0.3 is 19.8 Å². The van der Waals surface area contributed by atoms with Crippen molar-refractivity contribution in [2.45, 2.75) is 24.9 Å². The number of imide groups is 1. The van der Waals surface area contributed by atoms with Crippen LogP contribution in [-0.4, -0.2) is 40.9 Å². The number of aryl methyl sites for hydroxylation is 1. The van der Waals surface area contributed by atoms with Gasteiger partial charge in [-0.3, -0.25) is 14.9 Å². The normalized spacial score (nSPS) is 12.3. The molecule has 0 saturated carbocycles. The number of amides is 3. The summed E-state index contributed by atoms with van der Waals surface area (Å²) in [5.74, 6) is 0.570. The van der Waals surface area contributed by atoms with Crippen LogP contribution in [0.5, 0.6) is 11.5 Å². The molecule has 3 rings (SSSR count). The number of hydrogen-bond donors (Lipinski definition) is 3. The van der Waals surface area contributed by atoms with Crippen molar-refractivity contribution >= 4 is 29.4 Å². The second-order valence-corrected chi connectivity index (χ2v) is 6.91. The maximum Gasteiger partial charge on any atom is 0.325 e. The number of aromatic nitrogens is 2. The standard InChI is InChI=1S/C18H20N4O5S/c1-2-3-11-9-15(23)22-18(20-11)28-10-16(24)21-17(25)19-12-4-5-13-14(8-12)27-7-6-26-13/h4-5,8-9H,2-3,6-7,10H2,1H3,(H,20,22,23)(H2,19,21,24,25). The molecule has 0 atom stereocenters. The number of carbonyl (C=O) groups excluding carboxylic acids is 2. The highest BCUT2D eigenvalue weighted by atomic mass is 32.2. The van der Waals surface area contributed by atoms with Crippen LogP contribution >= 0.6 is 11.8 Å². The topological polar surface area (TPSA) is 122 Å². The highest BCUT2D eigenvalue weighted by molar-refractivity contribution is 7.99. The maximum absolute atomic E-state index is 12.0. The molecule has 0 saturated heterocycles. The van der Waals surface area contributed by atoms with Crippen molar-refractivity contribution in [1.82, 2.24) is 15.3 Å². The monoisotopic (exact) mass is 404 g/mol. The third-order valence-corrected chi connectivity index (χ3v) is 4.55. The average Bonchev–Trinajstić information content (AvgIpc) is 2.66. The second-order valence-electron chi connectivity index (χ2n) is 5.94. The SMILES string of the molecule is CCCc1cc(=O)[nH]c(SCC(=O)NC(=O)Nc2ccc3c(c2)OCCO3)n1. The van der Waals surface area contributed by atoms with Crippen LogP contribution in [0.4, 0.5) is 10.5 Å². The minimum atomic E-state index is -0.663. The molecule has 28 heavy (non-hydrogen) atoms. The van der Waals surface area contributed by atoms with Crippen molar-refractivity contribution in [3.8, 4) is 11.5 Å². The summed E-state index contributed by atoms with van der Waals surface area (Å²) in [6.07, 6.45) is 1.54. The van der Waals surface area contributed by atoms with E-state index in [1.807, 2.05) is 6.92 Å². The van der Waals surface area contributed by atoms with Gasteiger partial charge in [0.05, 0.1) is 5.75 Å². The summed E-state index contributed by atoms with van der Waals surface area (Å²) in [7, 11) is 0. The zero-order valence-electron chi connectivity index (χ0n) is 15.2. The number of rotatable bonds is 6. The van der Waals surface area contributed by atoms with Crippen LogP contribution in [0.25, 0.3) is 0 Å². The van der Waals surface area contributed by atoms with Gasteiger partial charge in [0.15, 0.2) is 16.7 Å². The van der Waals surface area contributed by atoms with E-state index in [1.165, 1.54) is 6.07 Å². The molecule has 148 valence electrons. The van der Waals surface area contributed by atoms with Gasteiger partial charge in [0.25, 0.3) is 5.56 Å². The summed E-state index contributed by atoms with van der Waals surface area (Å²) in [5.41, 5.74) is 0.878. The van der Waals surface area contributed by atoms with Gasteiger partial charge >= 0.3 is 6.03 Å². The second kappa shape index (κ2) is 9.27. The van der Waals surface area contributed by atoms with Crippen molar-refractivity contribution in [2.24, 2.45) is 0 Å². The molecule has 0 spiro atoms. The fraction of sp³-hybridized carbons (Fsp3) is 0.333. The predicted octanol–water partition coefficient (Wildman–Crippen LogP) is 1.93. The first kappa shape index (κ1) is 19.7. The first-order chi connectivity index (χ1) is 13.5. The van der Waals surface area contributed by atoms with Crippen LogP contribution in [0.2, 0.25) is 0 Å². The molecular formula is C18H20N4O5S. The number of aromatic amines is 1. The molecule has 1 aromatic carbocycles. The smallest absolute Gasteiger partial charge is 0.325 e. The van der Waals surface area contributed by atoms with Gasteiger partial charge in [-0.25, -0.2) is 9.78 Å². The Hall–Kier alpha value is -3.01. The van der Waals surface area contributed by atoms with Crippen molar-refractivity contribution in [3.63, 3.8) is 0 Å². The van der Waals surface area contributed by atoms with Gasteiger partial charge in [-0.15, -0.1) is 0 Å². The van der Waals surface area contributed by atoms with Crippen LogP contribution in [0.1, 0.15) is 19.0 Å². The highest BCUT2D eigenvalue weighted by Crippen LogP contribution is 2.32. The lowest BCUT2D eigenvalue weighted by Crippen LogP contribution is -2.35. The lowest BCUT2D eigenvalue weighted by atomic mass is 10.2. The highest BCUT2D eigenvalue weighted by Gasteiger charge is 2.14. The summed E-state index contributed by atoms with van der Waals surface area (Å²) in [6, 6.07) is 5.74. The average molecular weight is 404 g/mol. The van der Waals surface area contributed by atoms with Gasteiger partial charge in [-0.2, -0.15) is 0 Å². The molecule has 1 aliphatic heterocycles. The fourth-order valence-corrected chi connectivity index (χ4v) is 3.21. The first-order valence-corrected chi connectivity index (χ1v) is 9.75. The van der Waals surface area contributed by atoms with Gasteiger partial charge in [0.2, 0.25) is 5.91 Å². The molecule has 0 unspecified atom stereocenters. The number of fused-ring (bicyclic) bond motifs is 1. The van der Waals surface area contributed by atoms with E-state index < -0.39 is 11.9 Å². The Morgan fingerprint density at radius 3 is 2.79 bits per heavy atom. The third kappa shape index (κ3) is 5.49. The lowest BCUT2D eigenvalue weighted by molar-refractivity contribution is -0.117. The van der Waals surface area contributed by atoms with E-state index >= 15 is 0 Å². The number of ether oxygens (including phenoxy) is 2. The van der Waals surface area contributed by atoms with Crippen molar-refractivity contribution in [3.05, 3.63) is 40.3 Å². The Morgan fingerprint density at radius 2 is 2.00 bits per heavy atom. The molecule has 3 N–H and O–H groups in total. The van der Waals surface area contributed by atoms with Gasteiger partial charge in [-0.05, 0) is 18.6 Å². The Labute approximate surface area is 165 Å². The number of nitrogens with zero attached hydrogens (tertiary/aromatic N) is 1. The zero-order valence-corrected chi connectivity index (χ0v) is 16.1. The van der Waals surface area contributed by atoms with Crippen LogP contribution < -0.4 is 25.7 Å². The molecule has 9 nitrogen and oxygen atoms in total. The van der Waals surface area contributed by atoms with E-state index in [9.17, 15) is 14.4 Å². The summed E-state index contributed by atoms with van der Waals surface area (Å²) in [5, 5.41) is 5.14. The molecule has 1 aliphatic rings. The first-order valence-electron chi connectivity index (χ1n) is 8.77. The van der Waals surface area contributed by atoms with E-state index in [-0.39, 0.29) is 11.3 Å². The van der Waals surface area contributed by atoms with E-state index in [4.69, 9.17) is 9.47 Å². The van der Waals surface area contributed by atoms with Gasteiger partial charge in [-0.1, -0.05) is 25.1 Å². The molecule has 0 fully saturated rings. The van der Waals surface area contributed by atoms with Crippen LogP contribution in [0, 0.1) is 0 Å². The molecule has 1 aromatic heterocycles. The third-order valence-electron chi connectivity index (χ3n) is 3.67. The van der Waals surface area contributed by atoms with Crippen molar-refractivity contribution in [1.29, 1.82) is 0 Å². The van der Waals surface area contributed by atoms with E-state index in [0.717, 1.165) is 18.2 Å². The molecule has 2 aromatic rings. The number of benzene rings is 1. The fourth-order valence-electron chi connectivity index (χ4n) is 2.52. The van der Waals surface area contributed by atoms with E-state index in [0.29, 0.717) is 47.7 Å². The molecule has 10 heteroatoms. The number of anilines is 1. The Morgan fingerprint density at radius 1 is 1.21 bits per heavy atom. The number of nitrogens with one attached hydrogen (secondary N) is 3. The number of H-pyrrole nitrogens is 1. The number of hydrogen-bond acceptors (Lipinski definition) is 7. The van der Waals surface area contributed by atoms with Gasteiger partial charge in [0, 0.05) is 23.5 Å². The largest absolute Gasteiger partial charge is 0.486 e. The van der Waals surface area contributed by atoms with Crippen molar-refractivity contribution < 1.29 is 19.1 Å². The molecule has 2 heterocycles. The predicted molar refractivity (Wildman–Crippen MR) is 104 cm³/mol. The van der Waals surface area contributed by atoms with E-state index in [2.05, 4.69) is 20.6 Å². The Balaban J connectivity index is 1.51. The Kier molecular flexibility index (Phi) is 6.53. The minimum absolute atomic E-state index is 0.0624. The Bertz CT molecular complexity index is 930. The molecule has 0 aliphatic carbocycles. The number of carbonyl (C=O) groups is 2. The summed E-state index contributed by atoms with van der Waals surface area (Å²) in [4.78, 5) is 42.5. The quantitative estimate of drug-likeness (QED) is 0.497. The summed E-state index contributed by atoms with van der Waals surface area (Å²) in [6.45, 7) is 2.91. The molecule has 0 bridgehead atoms. The van der Waals surface area contributed by atoms with Crippen LogP contribution in [0.15, 0.2) is 34.2 Å².